The smallest absolute Gasteiger partial charge is 0.293 e. The maximum Gasteiger partial charge on any atom is 0.293 e. The highest BCUT2D eigenvalue weighted by Gasteiger charge is 2.24. The molecule has 0 aromatic heterocycles. The van der Waals surface area contributed by atoms with Gasteiger partial charge in [0.15, 0.2) is 0 Å². The van der Waals surface area contributed by atoms with Crippen LogP contribution in [0.4, 0.5) is 11.4 Å². The summed E-state index contributed by atoms with van der Waals surface area (Å²) in [5.41, 5.74) is 0.839. The molecule has 0 bridgehead atoms. The molecule has 1 unspecified atom stereocenters. The van der Waals surface area contributed by atoms with Crippen molar-refractivity contribution in [1.29, 1.82) is 0 Å². The molecule has 1 aromatic rings. The van der Waals surface area contributed by atoms with E-state index in [-0.39, 0.29) is 10.6 Å². The van der Waals surface area contributed by atoms with E-state index < -0.39 is 0 Å². The Morgan fingerprint density at radius 3 is 2.89 bits per heavy atom. The summed E-state index contributed by atoms with van der Waals surface area (Å²) < 4.78 is 0.733. The topological polar surface area (TPSA) is 49.6 Å². The Bertz CT molecular complexity index is 481. The zero-order valence-corrected chi connectivity index (χ0v) is 12.8. The number of likely N-dealkylation sites (tertiary alicyclic amines) is 1. The normalized spacial score (nSPS) is 19.6. The molecule has 2 rings (SSSR count). The van der Waals surface area contributed by atoms with Crippen LogP contribution in [0.15, 0.2) is 22.7 Å². The molecule has 1 aromatic carbocycles. The summed E-state index contributed by atoms with van der Waals surface area (Å²) in [6.07, 6.45) is 1.16. The van der Waals surface area contributed by atoms with Crippen LogP contribution in [0.2, 0.25) is 0 Å². The molecule has 1 atom stereocenters. The molecule has 6 heteroatoms. The number of nitro benzene ring substituents is 1. The van der Waals surface area contributed by atoms with Crippen LogP contribution in [0.3, 0.4) is 0 Å². The lowest BCUT2D eigenvalue weighted by Gasteiger charge is -2.23. The molecular formula is C13H18BrN3O2. The Kier molecular flexibility index (Phi) is 4.42. The van der Waals surface area contributed by atoms with Crippen LogP contribution >= 0.6 is 15.9 Å². The second kappa shape index (κ2) is 5.88. The molecule has 1 heterocycles. The number of hydrogen-bond donors (Lipinski definition) is 0. The first-order valence-corrected chi connectivity index (χ1v) is 7.10. The van der Waals surface area contributed by atoms with Crippen molar-refractivity contribution in [2.75, 3.05) is 38.6 Å². The molecule has 1 fully saturated rings. The van der Waals surface area contributed by atoms with Crippen molar-refractivity contribution in [3.63, 3.8) is 0 Å². The van der Waals surface area contributed by atoms with Gasteiger partial charge < -0.3 is 9.80 Å². The van der Waals surface area contributed by atoms with E-state index in [1.54, 1.807) is 12.1 Å². The lowest BCUT2D eigenvalue weighted by molar-refractivity contribution is -0.384. The van der Waals surface area contributed by atoms with Crippen molar-refractivity contribution in [2.45, 2.75) is 6.42 Å². The summed E-state index contributed by atoms with van der Waals surface area (Å²) in [7, 11) is 4.04. The first-order valence-electron chi connectivity index (χ1n) is 6.31. The van der Waals surface area contributed by atoms with Crippen molar-refractivity contribution < 1.29 is 4.92 Å². The van der Waals surface area contributed by atoms with Gasteiger partial charge in [-0.15, -0.1) is 0 Å². The van der Waals surface area contributed by atoms with Crippen LogP contribution < -0.4 is 4.90 Å². The number of nitro groups is 1. The molecule has 1 saturated heterocycles. The van der Waals surface area contributed by atoms with E-state index >= 15 is 0 Å². The van der Waals surface area contributed by atoms with E-state index in [4.69, 9.17) is 0 Å². The molecule has 5 nitrogen and oxygen atoms in total. The van der Waals surface area contributed by atoms with E-state index in [1.165, 1.54) is 0 Å². The number of hydrogen-bond acceptors (Lipinski definition) is 4. The third-order valence-electron chi connectivity index (χ3n) is 3.57. The number of benzene rings is 1. The summed E-state index contributed by atoms with van der Waals surface area (Å²) in [5.74, 6) is 0.582. The first-order chi connectivity index (χ1) is 8.97. The van der Waals surface area contributed by atoms with E-state index in [0.717, 1.165) is 30.5 Å². The summed E-state index contributed by atoms with van der Waals surface area (Å²) in [5, 5.41) is 11.1. The Labute approximate surface area is 121 Å². The van der Waals surface area contributed by atoms with Crippen LogP contribution in [-0.2, 0) is 0 Å². The fraction of sp³-hybridized carbons (Fsp3) is 0.538. The zero-order chi connectivity index (χ0) is 14.0. The Hall–Kier alpha value is -1.14. The van der Waals surface area contributed by atoms with Gasteiger partial charge in [0, 0.05) is 30.7 Å². The van der Waals surface area contributed by atoms with E-state index in [9.17, 15) is 10.1 Å². The Morgan fingerprint density at radius 2 is 2.32 bits per heavy atom. The molecule has 0 saturated carbocycles. The van der Waals surface area contributed by atoms with E-state index in [2.05, 4.69) is 27.9 Å². The van der Waals surface area contributed by atoms with E-state index in [0.29, 0.717) is 11.6 Å². The van der Waals surface area contributed by atoms with Crippen molar-refractivity contribution in [3.8, 4) is 0 Å². The van der Waals surface area contributed by atoms with Gasteiger partial charge in [-0.05, 0) is 38.1 Å². The fourth-order valence-corrected chi connectivity index (χ4v) is 2.98. The number of halogens is 1. The molecule has 0 aliphatic carbocycles. The van der Waals surface area contributed by atoms with Crippen LogP contribution in [0.5, 0.6) is 0 Å². The van der Waals surface area contributed by atoms with Crippen LogP contribution in [0.1, 0.15) is 6.42 Å². The number of rotatable bonds is 4. The quantitative estimate of drug-likeness (QED) is 0.630. The molecule has 0 N–H and O–H groups in total. The monoisotopic (exact) mass is 327 g/mol. The zero-order valence-electron chi connectivity index (χ0n) is 11.2. The number of nitrogens with zero attached hydrogens (tertiary/aromatic N) is 3. The van der Waals surface area contributed by atoms with Crippen LogP contribution in [0.25, 0.3) is 0 Å². The highest BCUT2D eigenvalue weighted by molar-refractivity contribution is 9.10. The average Bonchev–Trinajstić information content (AvgIpc) is 2.74. The Morgan fingerprint density at radius 1 is 1.58 bits per heavy atom. The molecular weight excluding hydrogens is 310 g/mol. The van der Waals surface area contributed by atoms with Gasteiger partial charge >= 0.3 is 0 Å². The molecule has 0 spiro atoms. The summed E-state index contributed by atoms with van der Waals surface area (Å²) in [4.78, 5) is 15.1. The molecule has 104 valence electrons. The van der Waals surface area contributed by atoms with Gasteiger partial charge in [-0.25, -0.2) is 0 Å². The predicted molar refractivity (Wildman–Crippen MR) is 79.7 cm³/mol. The molecule has 0 amide bonds. The van der Waals surface area contributed by atoms with Crippen LogP contribution in [-0.4, -0.2) is 43.6 Å². The van der Waals surface area contributed by atoms with Crippen molar-refractivity contribution in [2.24, 2.45) is 5.92 Å². The van der Waals surface area contributed by atoms with Gasteiger partial charge in [0.25, 0.3) is 5.69 Å². The molecule has 19 heavy (non-hydrogen) atoms. The molecule has 1 aliphatic rings. The minimum Gasteiger partial charge on any atom is -0.369 e. The fourth-order valence-electron chi connectivity index (χ4n) is 2.63. The third-order valence-corrected chi connectivity index (χ3v) is 4.06. The lowest BCUT2D eigenvalue weighted by Crippen LogP contribution is -2.27. The van der Waals surface area contributed by atoms with Crippen molar-refractivity contribution >= 4 is 27.3 Å². The second-order valence-electron chi connectivity index (χ2n) is 5.19. The van der Waals surface area contributed by atoms with Gasteiger partial charge in [0.1, 0.15) is 5.69 Å². The maximum absolute atomic E-state index is 11.1. The minimum atomic E-state index is -0.322. The van der Waals surface area contributed by atoms with Crippen molar-refractivity contribution in [1.82, 2.24) is 4.90 Å². The predicted octanol–water partition coefficient (Wildman–Crippen LogP) is 2.75. The lowest BCUT2D eigenvalue weighted by atomic mass is 10.1. The highest BCUT2D eigenvalue weighted by Crippen LogP contribution is 2.31. The van der Waals surface area contributed by atoms with Gasteiger partial charge in [-0.3, -0.25) is 10.1 Å². The SMILES string of the molecule is CN1CCC(CN(C)c2ccc(Br)cc2[N+](=O)[O-])C1. The molecule has 0 radical (unpaired) electrons. The largest absolute Gasteiger partial charge is 0.369 e. The summed E-state index contributed by atoms with van der Waals surface area (Å²) >= 11 is 3.28. The summed E-state index contributed by atoms with van der Waals surface area (Å²) in [6, 6.07) is 5.22. The standard InChI is InChI=1S/C13H18BrN3O2/c1-15-6-5-10(8-15)9-16(2)12-4-3-11(14)7-13(12)17(18)19/h3-4,7,10H,5-6,8-9H2,1-2H3. The maximum atomic E-state index is 11.1. The van der Waals surface area contributed by atoms with Gasteiger partial charge in [0.05, 0.1) is 4.92 Å². The second-order valence-corrected chi connectivity index (χ2v) is 6.10. The summed E-state index contributed by atoms with van der Waals surface area (Å²) in [6.45, 7) is 3.03. The van der Waals surface area contributed by atoms with Gasteiger partial charge in [0.2, 0.25) is 0 Å². The van der Waals surface area contributed by atoms with Gasteiger partial charge in [-0.1, -0.05) is 15.9 Å². The number of anilines is 1. The first kappa shape index (κ1) is 14.3. The third kappa shape index (κ3) is 3.45. The van der Waals surface area contributed by atoms with E-state index in [1.807, 2.05) is 18.0 Å². The van der Waals surface area contributed by atoms with Crippen molar-refractivity contribution in [3.05, 3.63) is 32.8 Å². The Balaban J connectivity index is 2.14. The van der Waals surface area contributed by atoms with Crippen LogP contribution in [0, 0.1) is 16.0 Å². The highest BCUT2D eigenvalue weighted by atomic mass is 79.9. The molecule has 1 aliphatic heterocycles. The minimum absolute atomic E-state index is 0.156. The average molecular weight is 328 g/mol. The van der Waals surface area contributed by atoms with Gasteiger partial charge in [-0.2, -0.15) is 0 Å².